The van der Waals surface area contributed by atoms with Gasteiger partial charge >= 0.3 is 0 Å². The van der Waals surface area contributed by atoms with Gasteiger partial charge in [-0.3, -0.25) is 0 Å². The Bertz CT molecular complexity index is 671. The molecule has 0 aliphatic heterocycles. The molecule has 0 saturated heterocycles. The lowest BCUT2D eigenvalue weighted by atomic mass is 10.1. The zero-order chi connectivity index (χ0) is 15.4. The Morgan fingerprint density at radius 2 is 2.00 bits per heavy atom. The SMILES string of the molecule is CNS(=O)(=O)c1cnc(NC2C[C@@H]3[C@H](C2)C3(F)F)c(Br)n1. The van der Waals surface area contributed by atoms with Crippen molar-refractivity contribution < 1.29 is 17.2 Å². The summed E-state index contributed by atoms with van der Waals surface area (Å²) < 4.78 is 51.8. The monoisotopic (exact) mass is 382 g/mol. The van der Waals surface area contributed by atoms with Crippen LogP contribution in [0, 0.1) is 11.8 Å². The molecule has 2 fully saturated rings. The van der Waals surface area contributed by atoms with Gasteiger partial charge in [0.2, 0.25) is 0 Å². The van der Waals surface area contributed by atoms with Gasteiger partial charge in [-0.2, -0.15) is 0 Å². The first-order valence-corrected chi connectivity index (χ1v) is 8.63. The molecule has 6 nitrogen and oxygen atoms in total. The lowest BCUT2D eigenvalue weighted by Crippen LogP contribution is -2.23. The molecule has 3 rings (SSSR count). The van der Waals surface area contributed by atoms with E-state index in [0.717, 1.165) is 6.20 Å². The summed E-state index contributed by atoms with van der Waals surface area (Å²) in [5.74, 6) is -3.22. The third-order valence-corrected chi connectivity index (χ3v) is 5.87. The van der Waals surface area contributed by atoms with Crippen LogP contribution in [0.15, 0.2) is 15.8 Å². The van der Waals surface area contributed by atoms with Gasteiger partial charge < -0.3 is 5.32 Å². The van der Waals surface area contributed by atoms with Crippen LogP contribution in [0.4, 0.5) is 14.6 Å². The van der Waals surface area contributed by atoms with Crippen molar-refractivity contribution in [3.05, 3.63) is 10.8 Å². The Morgan fingerprint density at radius 3 is 2.52 bits per heavy atom. The second kappa shape index (κ2) is 4.82. The summed E-state index contributed by atoms with van der Waals surface area (Å²) in [7, 11) is -2.38. The van der Waals surface area contributed by atoms with Gasteiger partial charge in [0.05, 0.1) is 6.20 Å². The molecule has 1 unspecified atom stereocenters. The second-order valence-electron chi connectivity index (χ2n) is 5.26. The highest BCUT2D eigenvalue weighted by molar-refractivity contribution is 9.10. The molecule has 10 heteroatoms. The zero-order valence-corrected chi connectivity index (χ0v) is 13.4. The number of nitrogens with one attached hydrogen (secondary N) is 2. The molecule has 2 aliphatic rings. The molecule has 0 aromatic carbocycles. The highest BCUT2D eigenvalue weighted by atomic mass is 79.9. The van der Waals surface area contributed by atoms with E-state index in [-0.39, 0.29) is 15.7 Å². The molecule has 1 aromatic rings. The number of halogens is 3. The molecule has 0 radical (unpaired) electrons. The Kier molecular flexibility index (Phi) is 3.45. The van der Waals surface area contributed by atoms with E-state index in [4.69, 9.17) is 0 Å². The van der Waals surface area contributed by atoms with Crippen molar-refractivity contribution in [2.75, 3.05) is 12.4 Å². The minimum atomic E-state index is -3.66. The van der Waals surface area contributed by atoms with Crippen molar-refractivity contribution >= 4 is 31.8 Å². The van der Waals surface area contributed by atoms with E-state index in [2.05, 4.69) is 35.9 Å². The number of rotatable bonds is 4. The van der Waals surface area contributed by atoms with E-state index < -0.39 is 27.8 Å². The summed E-state index contributed by atoms with van der Waals surface area (Å²) in [4.78, 5) is 7.91. The van der Waals surface area contributed by atoms with Gasteiger partial charge in [0.25, 0.3) is 15.9 Å². The number of sulfonamides is 1. The predicted molar refractivity (Wildman–Crippen MR) is 74.5 cm³/mol. The van der Waals surface area contributed by atoms with E-state index in [0.29, 0.717) is 18.7 Å². The molecule has 1 heterocycles. The fourth-order valence-corrected chi connectivity index (χ4v) is 3.94. The number of alkyl halides is 2. The lowest BCUT2D eigenvalue weighted by Gasteiger charge is -2.17. The normalized spacial score (nSPS) is 30.0. The topological polar surface area (TPSA) is 84.0 Å². The number of fused-ring (bicyclic) bond motifs is 1. The van der Waals surface area contributed by atoms with Crippen molar-refractivity contribution in [2.45, 2.75) is 29.8 Å². The van der Waals surface area contributed by atoms with Crippen molar-refractivity contribution in [2.24, 2.45) is 11.8 Å². The first-order valence-electron chi connectivity index (χ1n) is 6.36. The van der Waals surface area contributed by atoms with Gasteiger partial charge in [0.1, 0.15) is 4.60 Å². The highest BCUT2D eigenvalue weighted by Crippen LogP contribution is 2.64. The minimum Gasteiger partial charge on any atom is -0.365 e. The van der Waals surface area contributed by atoms with Crippen LogP contribution in [-0.2, 0) is 10.0 Å². The number of anilines is 1. The molecule has 2 aliphatic carbocycles. The van der Waals surface area contributed by atoms with Crippen LogP contribution >= 0.6 is 15.9 Å². The van der Waals surface area contributed by atoms with Crippen molar-refractivity contribution in [1.29, 1.82) is 0 Å². The maximum absolute atomic E-state index is 13.1. The first-order chi connectivity index (χ1) is 9.75. The van der Waals surface area contributed by atoms with Gasteiger partial charge in [-0.25, -0.2) is 31.9 Å². The Balaban J connectivity index is 1.71. The van der Waals surface area contributed by atoms with Crippen molar-refractivity contribution in [3.63, 3.8) is 0 Å². The maximum Gasteiger partial charge on any atom is 0.259 e. The van der Waals surface area contributed by atoms with E-state index in [1.807, 2.05) is 0 Å². The molecule has 2 N–H and O–H groups in total. The molecule has 0 bridgehead atoms. The molecular formula is C11H13BrF2N4O2S. The summed E-state index contributed by atoms with van der Waals surface area (Å²) in [6.45, 7) is 0. The quantitative estimate of drug-likeness (QED) is 0.826. The van der Waals surface area contributed by atoms with Crippen LogP contribution in [-0.4, -0.2) is 37.4 Å². The fraction of sp³-hybridized carbons (Fsp3) is 0.636. The standard InChI is InChI=1S/C11H13BrF2N4O2S/c1-15-21(19,20)8-4-16-10(9(12)18-8)17-5-2-6-7(3-5)11(6,13)14/h4-7,15H,2-3H2,1H3,(H,16,17)/t5?,6-,7+. The van der Waals surface area contributed by atoms with E-state index in [1.165, 1.54) is 7.05 Å². The molecule has 1 aromatic heterocycles. The summed E-state index contributed by atoms with van der Waals surface area (Å²) in [6.07, 6.45) is 1.91. The third kappa shape index (κ3) is 2.53. The molecule has 2 saturated carbocycles. The highest BCUT2D eigenvalue weighted by Gasteiger charge is 2.71. The van der Waals surface area contributed by atoms with Crippen LogP contribution in [0.25, 0.3) is 0 Å². The lowest BCUT2D eigenvalue weighted by molar-refractivity contribution is 0.0710. The number of nitrogens with zero attached hydrogens (tertiary/aromatic N) is 2. The summed E-state index contributed by atoms with van der Waals surface area (Å²) in [6, 6.07) is -0.0861. The minimum absolute atomic E-state index is 0.0861. The number of hydrogen-bond acceptors (Lipinski definition) is 5. The molecule has 21 heavy (non-hydrogen) atoms. The number of hydrogen-bond donors (Lipinski definition) is 2. The van der Waals surface area contributed by atoms with Crippen LogP contribution in [0.5, 0.6) is 0 Å². The molecule has 116 valence electrons. The van der Waals surface area contributed by atoms with Crippen LogP contribution in [0.3, 0.4) is 0 Å². The predicted octanol–water partition coefficient (Wildman–Crippen LogP) is 1.60. The van der Waals surface area contributed by atoms with Gasteiger partial charge in [0, 0.05) is 17.9 Å². The van der Waals surface area contributed by atoms with E-state index in [9.17, 15) is 17.2 Å². The van der Waals surface area contributed by atoms with Gasteiger partial charge in [-0.15, -0.1) is 0 Å². The molecule has 0 amide bonds. The first kappa shape index (κ1) is 15.0. The maximum atomic E-state index is 13.1. The fourth-order valence-electron chi connectivity index (χ4n) is 2.81. The average molecular weight is 383 g/mol. The molecular weight excluding hydrogens is 370 g/mol. The summed E-state index contributed by atoms with van der Waals surface area (Å²) >= 11 is 3.15. The average Bonchev–Trinajstić information content (AvgIpc) is 2.80. The zero-order valence-electron chi connectivity index (χ0n) is 11.0. The largest absolute Gasteiger partial charge is 0.365 e. The van der Waals surface area contributed by atoms with Crippen LogP contribution in [0.2, 0.25) is 0 Å². The van der Waals surface area contributed by atoms with E-state index in [1.54, 1.807) is 0 Å². The molecule has 3 atom stereocenters. The summed E-state index contributed by atoms with van der Waals surface area (Å²) in [5, 5.41) is 2.83. The smallest absolute Gasteiger partial charge is 0.259 e. The van der Waals surface area contributed by atoms with Gasteiger partial charge in [-0.1, -0.05) is 0 Å². The van der Waals surface area contributed by atoms with Gasteiger partial charge in [-0.05, 0) is 35.8 Å². The second-order valence-corrected chi connectivity index (χ2v) is 7.84. The number of aromatic nitrogens is 2. The third-order valence-electron chi connectivity index (χ3n) is 4.03. The van der Waals surface area contributed by atoms with Crippen molar-refractivity contribution in [1.82, 2.24) is 14.7 Å². The molecule has 0 spiro atoms. The van der Waals surface area contributed by atoms with Crippen LogP contribution < -0.4 is 10.0 Å². The van der Waals surface area contributed by atoms with Crippen molar-refractivity contribution in [3.8, 4) is 0 Å². The van der Waals surface area contributed by atoms with Gasteiger partial charge in [0.15, 0.2) is 10.8 Å². The van der Waals surface area contributed by atoms with E-state index >= 15 is 0 Å². The Hall–Kier alpha value is -0.870. The summed E-state index contributed by atoms with van der Waals surface area (Å²) in [5.41, 5.74) is 0. The van der Waals surface area contributed by atoms with Crippen LogP contribution in [0.1, 0.15) is 12.8 Å². The Labute approximate surface area is 128 Å². The Morgan fingerprint density at radius 1 is 1.38 bits per heavy atom.